The Morgan fingerprint density at radius 2 is 1.87 bits per heavy atom. The van der Waals surface area contributed by atoms with E-state index in [0.29, 0.717) is 0 Å². The zero-order valence-electron chi connectivity index (χ0n) is 9.06. The predicted octanol–water partition coefficient (Wildman–Crippen LogP) is 1.04. The summed E-state index contributed by atoms with van der Waals surface area (Å²) >= 11 is -2.52. The van der Waals surface area contributed by atoms with Crippen LogP contribution in [0.3, 0.4) is 0 Å². The van der Waals surface area contributed by atoms with Crippen LogP contribution in [0.4, 0.5) is 0 Å². The number of carboxylic acids is 1. The smallest absolute Gasteiger partial charge is 0.321 e. The molecule has 0 saturated carbocycles. The molecule has 0 amide bonds. The van der Waals surface area contributed by atoms with Crippen LogP contribution >= 0.6 is 0 Å². The standard InChI is InChI=1S/C9H19NO4S/c1-3-5-7(6-4-2)8(9(11)12)10-15(13)14/h7-8,10H,3-6H2,1-2H3,(H,11,12)(H,13,14)/p-1/t8-/m0/s1. The van der Waals surface area contributed by atoms with Crippen molar-refractivity contribution in [3.63, 3.8) is 0 Å². The second-order valence-electron chi connectivity index (χ2n) is 3.51. The lowest BCUT2D eigenvalue weighted by molar-refractivity contribution is -0.140. The third-order valence-corrected chi connectivity index (χ3v) is 2.73. The van der Waals surface area contributed by atoms with Crippen LogP contribution in [0.15, 0.2) is 0 Å². The molecule has 0 radical (unpaired) electrons. The predicted molar refractivity (Wildman–Crippen MR) is 56.8 cm³/mol. The first-order valence-corrected chi connectivity index (χ1v) is 6.18. The molecule has 2 atom stereocenters. The normalized spacial score (nSPS) is 15.2. The molecule has 0 aliphatic carbocycles. The average molecular weight is 236 g/mol. The molecule has 6 heteroatoms. The van der Waals surface area contributed by atoms with Crippen molar-refractivity contribution >= 4 is 17.2 Å². The molecule has 0 bridgehead atoms. The van der Waals surface area contributed by atoms with Gasteiger partial charge in [0.15, 0.2) is 0 Å². The minimum atomic E-state index is -2.52. The number of carbonyl (C=O) groups is 1. The van der Waals surface area contributed by atoms with Crippen LogP contribution in [0, 0.1) is 5.92 Å². The van der Waals surface area contributed by atoms with Gasteiger partial charge in [0.05, 0.1) is 0 Å². The van der Waals surface area contributed by atoms with Gasteiger partial charge < -0.3 is 9.66 Å². The van der Waals surface area contributed by atoms with Crippen LogP contribution in [0.25, 0.3) is 0 Å². The van der Waals surface area contributed by atoms with Crippen molar-refractivity contribution in [1.29, 1.82) is 0 Å². The fourth-order valence-corrected chi connectivity index (χ4v) is 2.17. The summed E-state index contributed by atoms with van der Waals surface area (Å²) in [6.07, 6.45) is 3.13. The lowest BCUT2D eigenvalue weighted by atomic mass is 9.91. The average Bonchev–Trinajstić information content (AvgIpc) is 2.13. The van der Waals surface area contributed by atoms with Crippen LogP contribution in [-0.4, -0.2) is 25.9 Å². The van der Waals surface area contributed by atoms with Crippen molar-refractivity contribution < 1.29 is 18.7 Å². The lowest BCUT2D eigenvalue weighted by Gasteiger charge is -2.24. The summed E-state index contributed by atoms with van der Waals surface area (Å²) in [4.78, 5) is 10.9. The quantitative estimate of drug-likeness (QED) is 0.616. The molecule has 0 aromatic heterocycles. The van der Waals surface area contributed by atoms with Crippen LogP contribution < -0.4 is 4.72 Å². The molecule has 0 fully saturated rings. The van der Waals surface area contributed by atoms with E-state index in [1.165, 1.54) is 0 Å². The van der Waals surface area contributed by atoms with Gasteiger partial charge in [-0.2, -0.15) is 0 Å². The number of hydrogen-bond donors (Lipinski definition) is 2. The third kappa shape index (κ3) is 5.86. The first kappa shape index (κ1) is 14.5. The molecule has 2 N–H and O–H groups in total. The first-order chi connectivity index (χ1) is 7.02. The summed E-state index contributed by atoms with van der Waals surface area (Å²) in [6, 6.07) is -0.997. The van der Waals surface area contributed by atoms with Gasteiger partial charge in [-0.15, -0.1) is 0 Å². The molecule has 0 aliphatic rings. The van der Waals surface area contributed by atoms with Gasteiger partial charge in [0.2, 0.25) is 0 Å². The maximum absolute atomic E-state index is 10.9. The van der Waals surface area contributed by atoms with E-state index in [1.807, 2.05) is 13.8 Å². The Hall–Kier alpha value is -0.460. The van der Waals surface area contributed by atoms with Gasteiger partial charge in [0.25, 0.3) is 0 Å². The van der Waals surface area contributed by atoms with E-state index in [-0.39, 0.29) is 5.92 Å². The van der Waals surface area contributed by atoms with Gasteiger partial charge in [0.1, 0.15) is 6.04 Å². The minimum absolute atomic E-state index is 0.129. The highest BCUT2D eigenvalue weighted by molar-refractivity contribution is 7.77. The fraction of sp³-hybridized carbons (Fsp3) is 0.889. The molecule has 0 spiro atoms. The van der Waals surface area contributed by atoms with Crippen LogP contribution in [0.1, 0.15) is 39.5 Å². The molecule has 1 unspecified atom stereocenters. The number of nitrogens with one attached hydrogen (secondary N) is 1. The molecule has 0 saturated heterocycles. The zero-order valence-corrected chi connectivity index (χ0v) is 9.88. The molecule has 90 valence electrons. The van der Waals surface area contributed by atoms with Gasteiger partial charge in [-0.25, -0.2) is 4.72 Å². The Kier molecular flexibility index (Phi) is 7.54. The van der Waals surface area contributed by atoms with Crippen molar-refractivity contribution in [2.75, 3.05) is 0 Å². The van der Waals surface area contributed by atoms with Crippen LogP contribution in [0.5, 0.6) is 0 Å². The number of hydrogen-bond acceptors (Lipinski definition) is 3. The summed E-state index contributed by atoms with van der Waals surface area (Å²) < 4.78 is 23.0. The first-order valence-electron chi connectivity index (χ1n) is 5.11. The fourth-order valence-electron chi connectivity index (χ4n) is 1.67. The van der Waals surface area contributed by atoms with Crippen molar-refractivity contribution in [3.05, 3.63) is 0 Å². The third-order valence-electron chi connectivity index (χ3n) is 2.28. The van der Waals surface area contributed by atoms with E-state index in [9.17, 15) is 13.6 Å². The van der Waals surface area contributed by atoms with E-state index in [0.717, 1.165) is 25.7 Å². The largest absolute Gasteiger partial charge is 0.760 e. The molecule has 0 rings (SSSR count). The Labute approximate surface area is 92.7 Å². The lowest BCUT2D eigenvalue weighted by Crippen LogP contribution is -2.43. The highest BCUT2D eigenvalue weighted by Crippen LogP contribution is 2.18. The Balaban J connectivity index is 4.50. The van der Waals surface area contributed by atoms with E-state index in [2.05, 4.69) is 4.72 Å². The zero-order chi connectivity index (χ0) is 11.8. The summed E-state index contributed by atoms with van der Waals surface area (Å²) in [5.41, 5.74) is 0. The molecule has 0 aliphatic heterocycles. The summed E-state index contributed by atoms with van der Waals surface area (Å²) in [6.45, 7) is 3.91. The van der Waals surface area contributed by atoms with Gasteiger partial charge >= 0.3 is 5.97 Å². The maximum atomic E-state index is 10.9. The maximum Gasteiger partial charge on any atom is 0.321 e. The summed E-state index contributed by atoms with van der Waals surface area (Å²) in [7, 11) is 0. The van der Waals surface area contributed by atoms with Gasteiger partial charge in [-0.3, -0.25) is 9.00 Å². The van der Waals surface area contributed by atoms with Crippen LogP contribution in [0.2, 0.25) is 0 Å². The molecule has 0 aromatic rings. The van der Waals surface area contributed by atoms with E-state index >= 15 is 0 Å². The van der Waals surface area contributed by atoms with Crippen LogP contribution in [-0.2, 0) is 16.1 Å². The van der Waals surface area contributed by atoms with Gasteiger partial charge in [-0.1, -0.05) is 26.7 Å². The van der Waals surface area contributed by atoms with E-state index in [4.69, 9.17) is 5.11 Å². The molecule has 5 nitrogen and oxygen atoms in total. The van der Waals surface area contributed by atoms with E-state index < -0.39 is 23.3 Å². The van der Waals surface area contributed by atoms with Gasteiger partial charge in [0, 0.05) is 11.3 Å². The van der Waals surface area contributed by atoms with Gasteiger partial charge in [-0.05, 0) is 18.8 Å². The number of rotatable bonds is 8. The molecule has 0 aromatic carbocycles. The molecular weight excluding hydrogens is 218 g/mol. The SMILES string of the molecule is CCCC(CCC)[C@H](NS(=O)[O-])C(=O)O. The number of carboxylic acid groups (broad SMARTS) is 1. The number of aliphatic carboxylic acids is 1. The minimum Gasteiger partial charge on any atom is -0.760 e. The highest BCUT2D eigenvalue weighted by Gasteiger charge is 2.26. The van der Waals surface area contributed by atoms with Crippen molar-refractivity contribution in [2.24, 2.45) is 5.92 Å². The summed E-state index contributed by atoms with van der Waals surface area (Å²) in [5.74, 6) is -1.23. The monoisotopic (exact) mass is 236 g/mol. The second kappa shape index (κ2) is 7.78. The Morgan fingerprint density at radius 1 is 1.40 bits per heavy atom. The highest BCUT2D eigenvalue weighted by atomic mass is 32.2. The topological polar surface area (TPSA) is 89.5 Å². The van der Waals surface area contributed by atoms with Crippen molar-refractivity contribution in [3.8, 4) is 0 Å². The Morgan fingerprint density at radius 3 is 2.13 bits per heavy atom. The summed E-state index contributed by atoms with van der Waals surface area (Å²) in [5, 5.41) is 8.91. The van der Waals surface area contributed by atoms with Crippen molar-refractivity contribution in [1.82, 2.24) is 4.72 Å². The van der Waals surface area contributed by atoms with Crippen molar-refractivity contribution in [2.45, 2.75) is 45.6 Å². The van der Waals surface area contributed by atoms with E-state index in [1.54, 1.807) is 0 Å². The molecular formula is C9H18NO4S-. The molecule has 0 heterocycles. The Bertz CT molecular complexity index is 216. The second-order valence-corrected chi connectivity index (χ2v) is 4.21. The molecule has 15 heavy (non-hydrogen) atoms.